The zero-order chi connectivity index (χ0) is 19.9. The van der Waals surface area contributed by atoms with E-state index in [1.54, 1.807) is 25.1 Å². The van der Waals surface area contributed by atoms with Gasteiger partial charge in [-0.25, -0.2) is 0 Å². The van der Waals surface area contributed by atoms with Crippen molar-refractivity contribution >= 4 is 11.8 Å². The van der Waals surface area contributed by atoms with Crippen molar-refractivity contribution in [2.45, 2.75) is 25.9 Å². The van der Waals surface area contributed by atoms with Crippen LogP contribution in [0.1, 0.15) is 30.1 Å². The van der Waals surface area contributed by atoms with Gasteiger partial charge in [0.05, 0.1) is 0 Å². The summed E-state index contributed by atoms with van der Waals surface area (Å²) in [6, 6.07) is 14.8. The number of nitrogens with one attached hydrogen (secondary N) is 1. The van der Waals surface area contributed by atoms with Gasteiger partial charge in [0.1, 0.15) is 5.75 Å². The fourth-order valence-electron chi connectivity index (χ4n) is 3.29. The van der Waals surface area contributed by atoms with Crippen LogP contribution in [0, 0.1) is 0 Å². The first-order valence-corrected chi connectivity index (χ1v) is 9.70. The van der Waals surface area contributed by atoms with Crippen LogP contribution in [0.5, 0.6) is 5.75 Å². The largest absolute Gasteiger partial charge is 0.480 e. The highest BCUT2D eigenvalue weighted by Crippen LogP contribution is 2.30. The van der Waals surface area contributed by atoms with E-state index in [0.717, 1.165) is 30.8 Å². The summed E-state index contributed by atoms with van der Waals surface area (Å²) in [5.74, 6) is -0.00926. The number of hydrogen-bond donors (Lipinski definition) is 2. The Balaban J connectivity index is 1.64. The lowest BCUT2D eigenvalue weighted by molar-refractivity contribution is -0.123. The van der Waals surface area contributed by atoms with Crippen molar-refractivity contribution in [3.63, 3.8) is 0 Å². The van der Waals surface area contributed by atoms with Gasteiger partial charge in [-0.15, -0.1) is 0 Å². The van der Waals surface area contributed by atoms with E-state index in [2.05, 4.69) is 10.2 Å². The topological polar surface area (TPSA) is 84.7 Å². The smallest absolute Gasteiger partial charge is 0.258 e. The van der Waals surface area contributed by atoms with Crippen molar-refractivity contribution in [1.29, 1.82) is 0 Å². The predicted octanol–water partition coefficient (Wildman–Crippen LogP) is 2.43. The summed E-state index contributed by atoms with van der Waals surface area (Å²) in [6.07, 6.45) is 1.78. The normalized spacial score (nSPS) is 15.2. The average Bonchev–Trinajstić information content (AvgIpc) is 3.22. The van der Waals surface area contributed by atoms with Crippen molar-refractivity contribution in [2.75, 3.05) is 26.2 Å². The maximum absolute atomic E-state index is 12.3. The van der Waals surface area contributed by atoms with Crippen molar-refractivity contribution in [3.8, 4) is 16.9 Å². The second kappa shape index (κ2) is 9.37. The summed E-state index contributed by atoms with van der Waals surface area (Å²) < 4.78 is 5.68. The lowest BCUT2D eigenvalue weighted by Crippen LogP contribution is -2.33. The van der Waals surface area contributed by atoms with Gasteiger partial charge in [-0.05, 0) is 56.6 Å². The highest BCUT2D eigenvalue weighted by molar-refractivity contribution is 5.94. The van der Waals surface area contributed by atoms with Gasteiger partial charge in [0, 0.05) is 24.2 Å². The molecule has 0 saturated carbocycles. The second-order valence-electron chi connectivity index (χ2n) is 7.04. The highest BCUT2D eigenvalue weighted by Gasteiger charge is 2.15. The quantitative estimate of drug-likeness (QED) is 0.736. The Morgan fingerprint density at radius 1 is 1.11 bits per heavy atom. The Bertz CT molecular complexity index is 814. The lowest BCUT2D eigenvalue weighted by atomic mass is 10.0. The second-order valence-corrected chi connectivity index (χ2v) is 7.04. The number of likely N-dealkylation sites (tertiary alicyclic amines) is 1. The molecule has 1 aliphatic rings. The number of rotatable bonds is 8. The minimum atomic E-state index is -0.721. The van der Waals surface area contributed by atoms with E-state index < -0.39 is 12.0 Å². The lowest BCUT2D eigenvalue weighted by Gasteiger charge is -2.16. The molecule has 1 aliphatic heterocycles. The Morgan fingerprint density at radius 2 is 1.79 bits per heavy atom. The van der Waals surface area contributed by atoms with Gasteiger partial charge in [-0.2, -0.15) is 0 Å². The molecule has 2 amide bonds. The van der Waals surface area contributed by atoms with Gasteiger partial charge < -0.3 is 20.7 Å². The van der Waals surface area contributed by atoms with Crippen LogP contribution in [0.4, 0.5) is 0 Å². The van der Waals surface area contributed by atoms with Crippen molar-refractivity contribution in [1.82, 2.24) is 10.2 Å². The zero-order valence-electron chi connectivity index (χ0n) is 16.2. The molecule has 1 saturated heterocycles. The summed E-state index contributed by atoms with van der Waals surface area (Å²) in [7, 11) is 0. The van der Waals surface area contributed by atoms with Crippen LogP contribution in [0.2, 0.25) is 0 Å². The molecule has 0 bridgehead atoms. The van der Waals surface area contributed by atoms with E-state index in [1.165, 1.54) is 12.8 Å². The zero-order valence-corrected chi connectivity index (χ0v) is 16.2. The molecule has 3 rings (SSSR count). The monoisotopic (exact) mass is 381 g/mol. The third-order valence-electron chi connectivity index (χ3n) is 4.96. The average molecular weight is 381 g/mol. The van der Waals surface area contributed by atoms with Gasteiger partial charge in [0.15, 0.2) is 6.10 Å². The van der Waals surface area contributed by atoms with E-state index in [0.29, 0.717) is 17.9 Å². The molecule has 2 aromatic carbocycles. The molecule has 0 radical (unpaired) electrons. The van der Waals surface area contributed by atoms with E-state index in [9.17, 15) is 9.59 Å². The summed E-state index contributed by atoms with van der Waals surface area (Å²) in [4.78, 5) is 26.0. The number of ether oxygens (including phenoxy) is 1. The molecule has 148 valence electrons. The number of amides is 2. The number of nitrogens with two attached hydrogens (primary N) is 1. The molecular weight excluding hydrogens is 354 g/mol. The number of hydrogen-bond acceptors (Lipinski definition) is 4. The fraction of sp³-hybridized carbons (Fsp3) is 0.364. The first kappa shape index (κ1) is 19.9. The number of nitrogens with zero attached hydrogens (tertiary/aromatic N) is 1. The molecule has 1 unspecified atom stereocenters. The van der Waals surface area contributed by atoms with Crippen LogP contribution in [0.15, 0.2) is 48.5 Å². The van der Waals surface area contributed by atoms with Crippen LogP contribution < -0.4 is 15.8 Å². The Morgan fingerprint density at radius 3 is 2.46 bits per heavy atom. The molecule has 3 N–H and O–H groups in total. The highest BCUT2D eigenvalue weighted by atomic mass is 16.5. The molecule has 28 heavy (non-hydrogen) atoms. The molecule has 6 heteroatoms. The van der Waals surface area contributed by atoms with Crippen LogP contribution in [0.25, 0.3) is 11.1 Å². The van der Waals surface area contributed by atoms with Crippen LogP contribution in [0.3, 0.4) is 0 Å². The third kappa shape index (κ3) is 5.10. The minimum Gasteiger partial charge on any atom is -0.480 e. The maximum atomic E-state index is 12.3. The SMILES string of the molecule is CC(Oc1ccccc1-c1ccc(C(=O)NCCN2CCCC2)cc1)C(N)=O. The Hall–Kier alpha value is -2.86. The van der Waals surface area contributed by atoms with E-state index in [-0.39, 0.29) is 5.91 Å². The fourth-order valence-corrected chi connectivity index (χ4v) is 3.29. The number of benzene rings is 2. The van der Waals surface area contributed by atoms with Crippen LogP contribution in [-0.2, 0) is 4.79 Å². The maximum Gasteiger partial charge on any atom is 0.258 e. The van der Waals surface area contributed by atoms with Crippen molar-refractivity contribution in [3.05, 3.63) is 54.1 Å². The summed E-state index contributed by atoms with van der Waals surface area (Å²) >= 11 is 0. The summed E-state index contributed by atoms with van der Waals surface area (Å²) in [5.41, 5.74) is 7.66. The number of carbonyl (C=O) groups excluding carboxylic acids is 2. The van der Waals surface area contributed by atoms with Gasteiger partial charge in [0.2, 0.25) is 0 Å². The Kier molecular flexibility index (Phi) is 6.66. The van der Waals surface area contributed by atoms with Gasteiger partial charge in [0.25, 0.3) is 11.8 Å². The molecule has 1 atom stereocenters. The molecule has 1 fully saturated rings. The van der Waals surface area contributed by atoms with Crippen molar-refractivity contribution < 1.29 is 14.3 Å². The minimum absolute atomic E-state index is 0.0716. The van der Waals surface area contributed by atoms with Crippen LogP contribution >= 0.6 is 0 Å². The molecule has 0 aromatic heterocycles. The standard InChI is InChI=1S/C22H27N3O3/c1-16(21(23)26)28-20-7-3-2-6-19(20)17-8-10-18(11-9-17)22(27)24-12-15-25-13-4-5-14-25/h2-3,6-11,16H,4-5,12-15H2,1H3,(H2,23,26)(H,24,27). The Labute approximate surface area is 165 Å². The first-order chi connectivity index (χ1) is 13.5. The molecule has 2 aromatic rings. The van der Waals surface area contributed by atoms with Gasteiger partial charge in [-0.1, -0.05) is 30.3 Å². The molecular formula is C22H27N3O3. The van der Waals surface area contributed by atoms with Gasteiger partial charge in [-0.3, -0.25) is 9.59 Å². The first-order valence-electron chi connectivity index (χ1n) is 9.70. The molecule has 1 heterocycles. The summed E-state index contributed by atoms with van der Waals surface area (Å²) in [6.45, 7) is 5.42. The number of primary amides is 1. The van der Waals surface area contributed by atoms with Crippen molar-refractivity contribution in [2.24, 2.45) is 5.73 Å². The van der Waals surface area contributed by atoms with E-state index in [1.807, 2.05) is 30.3 Å². The van der Waals surface area contributed by atoms with Crippen LogP contribution in [-0.4, -0.2) is 49.0 Å². The molecule has 6 nitrogen and oxygen atoms in total. The number of para-hydroxylation sites is 1. The van der Waals surface area contributed by atoms with Gasteiger partial charge >= 0.3 is 0 Å². The summed E-state index contributed by atoms with van der Waals surface area (Å²) in [5, 5.41) is 2.98. The predicted molar refractivity (Wildman–Crippen MR) is 109 cm³/mol. The van der Waals surface area contributed by atoms with E-state index in [4.69, 9.17) is 10.5 Å². The third-order valence-corrected chi connectivity index (χ3v) is 4.96. The molecule has 0 aliphatic carbocycles. The molecule has 0 spiro atoms. The van der Waals surface area contributed by atoms with E-state index >= 15 is 0 Å². The number of carbonyl (C=O) groups is 2.